The van der Waals surface area contributed by atoms with E-state index in [0.717, 1.165) is 18.4 Å². The van der Waals surface area contributed by atoms with Crippen molar-refractivity contribution in [3.63, 3.8) is 0 Å². The van der Waals surface area contributed by atoms with Crippen LogP contribution in [0, 0.1) is 11.7 Å². The Morgan fingerprint density at radius 3 is 2.62 bits per heavy atom. The van der Waals surface area contributed by atoms with Crippen LogP contribution in [0.15, 0.2) is 65.7 Å². The van der Waals surface area contributed by atoms with E-state index in [9.17, 15) is 14.3 Å². The summed E-state index contributed by atoms with van der Waals surface area (Å²) in [6.07, 6.45) is 3.82. The molecule has 7 N–H and O–H groups in total. The summed E-state index contributed by atoms with van der Waals surface area (Å²) in [5.41, 5.74) is 14.7. The number of aromatic nitrogens is 2. The molecular weight excluding hydrogens is 511 g/mol. The first-order chi connectivity index (χ1) is 19.4. The molecule has 3 heterocycles. The zero-order chi connectivity index (χ0) is 28.1. The summed E-state index contributed by atoms with van der Waals surface area (Å²) in [4.78, 5) is 28.2. The standard InChI is InChI=1S/C29H33FN8O2/c30-20-7-4-8-22(27(20)38-13-11-18(16-31)12-14-38)35-28(40)23-10-9-21(33-23)24-15-26(37-29(32)36-24)34-25(17-39)19-5-2-1-3-6-19/h1-9,15,18,25,39H,10-14,16-17,31H2,(H,35,40)(H3,32,34,36,37)/t25-/m0/s1. The Balaban J connectivity index is 1.31. The summed E-state index contributed by atoms with van der Waals surface area (Å²) in [6.45, 7) is 1.81. The number of nitrogen functional groups attached to an aromatic ring is 1. The van der Waals surface area contributed by atoms with Gasteiger partial charge in [-0.15, -0.1) is 0 Å². The van der Waals surface area contributed by atoms with Gasteiger partial charge in [0.15, 0.2) is 0 Å². The fourth-order valence-electron chi connectivity index (χ4n) is 5.03. The number of aliphatic imine (C=N–C) groups is 1. The minimum absolute atomic E-state index is 0.0292. The summed E-state index contributed by atoms with van der Waals surface area (Å²) in [6, 6.07) is 15.4. The van der Waals surface area contributed by atoms with Crippen LogP contribution in [0.5, 0.6) is 0 Å². The van der Waals surface area contributed by atoms with Crippen LogP contribution in [-0.2, 0) is 4.79 Å². The van der Waals surface area contributed by atoms with E-state index in [4.69, 9.17) is 11.5 Å². The van der Waals surface area contributed by atoms with E-state index in [1.807, 2.05) is 35.2 Å². The van der Waals surface area contributed by atoms with E-state index >= 15 is 0 Å². The average molecular weight is 545 g/mol. The second kappa shape index (κ2) is 12.2. The second-order valence-corrected chi connectivity index (χ2v) is 9.90. The molecule has 10 nitrogen and oxygen atoms in total. The molecule has 11 heteroatoms. The molecule has 1 saturated heterocycles. The number of aliphatic hydroxyl groups excluding tert-OH is 1. The molecule has 0 unspecified atom stereocenters. The molecule has 0 aliphatic carbocycles. The highest BCUT2D eigenvalue weighted by molar-refractivity contribution is 6.45. The normalized spacial score (nSPS) is 16.3. The number of hydrogen-bond acceptors (Lipinski definition) is 9. The summed E-state index contributed by atoms with van der Waals surface area (Å²) >= 11 is 0. The molecule has 1 aromatic heterocycles. The van der Waals surface area contributed by atoms with E-state index < -0.39 is 11.9 Å². The third kappa shape index (κ3) is 6.11. The van der Waals surface area contributed by atoms with Crippen LogP contribution in [0.2, 0.25) is 0 Å². The molecule has 1 amide bonds. The molecule has 208 valence electrons. The maximum absolute atomic E-state index is 14.9. The highest BCUT2D eigenvalue weighted by atomic mass is 19.1. The van der Waals surface area contributed by atoms with Crippen LogP contribution >= 0.6 is 0 Å². The summed E-state index contributed by atoms with van der Waals surface area (Å²) in [7, 11) is 0. The van der Waals surface area contributed by atoms with Gasteiger partial charge >= 0.3 is 0 Å². The number of benzene rings is 2. The first-order valence-electron chi connectivity index (χ1n) is 13.3. The third-order valence-corrected chi connectivity index (χ3v) is 7.22. The summed E-state index contributed by atoms with van der Waals surface area (Å²) in [5, 5.41) is 15.9. The molecule has 3 aromatic rings. The molecule has 40 heavy (non-hydrogen) atoms. The number of anilines is 4. The Hall–Kier alpha value is -4.35. The molecule has 1 atom stereocenters. The Labute approximate surface area is 232 Å². The number of nitrogens with two attached hydrogens (primary N) is 2. The predicted octanol–water partition coefficient (Wildman–Crippen LogP) is 3.34. The van der Waals surface area contributed by atoms with Crippen LogP contribution < -0.4 is 27.0 Å². The number of aliphatic hydroxyl groups is 1. The number of halogens is 1. The van der Waals surface area contributed by atoms with Crippen LogP contribution in [0.25, 0.3) is 5.70 Å². The maximum atomic E-state index is 14.9. The number of carbonyl (C=O) groups is 1. The minimum Gasteiger partial charge on any atom is -0.394 e. The van der Waals surface area contributed by atoms with Crippen molar-refractivity contribution in [1.29, 1.82) is 0 Å². The van der Waals surface area contributed by atoms with Crippen LogP contribution in [0.1, 0.15) is 36.6 Å². The lowest BCUT2D eigenvalue weighted by molar-refractivity contribution is -0.110. The summed E-state index contributed by atoms with van der Waals surface area (Å²) in [5.74, 6) is 0.0747. The highest BCUT2D eigenvalue weighted by Crippen LogP contribution is 2.33. The highest BCUT2D eigenvalue weighted by Gasteiger charge is 2.25. The van der Waals surface area contributed by atoms with Gasteiger partial charge in [-0.2, -0.15) is 4.98 Å². The lowest BCUT2D eigenvalue weighted by Crippen LogP contribution is -2.37. The lowest BCUT2D eigenvalue weighted by atomic mass is 9.96. The Kier molecular flexibility index (Phi) is 8.32. The smallest absolute Gasteiger partial charge is 0.270 e. The van der Waals surface area contributed by atoms with Gasteiger partial charge in [-0.05, 0) is 43.0 Å². The number of carbonyl (C=O) groups excluding carboxylic acids is 1. The van der Waals surface area contributed by atoms with E-state index in [2.05, 4.69) is 25.6 Å². The quantitative estimate of drug-likeness (QED) is 0.275. The van der Waals surface area contributed by atoms with Crippen molar-refractivity contribution in [1.82, 2.24) is 9.97 Å². The van der Waals surface area contributed by atoms with Gasteiger partial charge in [0.05, 0.1) is 35.4 Å². The fraction of sp³-hybridized carbons (Fsp3) is 0.310. The van der Waals surface area contributed by atoms with Crippen molar-refractivity contribution in [2.75, 3.05) is 47.5 Å². The average Bonchev–Trinajstić information content (AvgIpc) is 3.47. The molecule has 0 bridgehead atoms. The van der Waals surface area contributed by atoms with E-state index in [1.54, 1.807) is 24.3 Å². The largest absolute Gasteiger partial charge is 0.394 e. The minimum atomic E-state index is -0.417. The second-order valence-electron chi connectivity index (χ2n) is 9.90. The monoisotopic (exact) mass is 544 g/mol. The zero-order valence-electron chi connectivity index (χ0n) is 22.1. The molecule has 2 aliphatic heterocycles. The first-order valence-corrected chi connectivity index (χ1v) is 13.3. The van der Waals surface area contributed by atoms with Gasteiger partial charge in [-0.1, -0.05) is 42.5 Å². The Bertz CT molecular complexity index is 1420. The van der Waals surface area contributed by atoms with Crippen LogP contribution in [0.4, 0.5) is 27.5 Å². The van der Waals surface area contributed by atoms with Crippen molar-refractivity contribution >= 4 is 40.5 Å². The Morgan fingerprint density at radius 2 is 1.90 bits per heavy atom. The van der Waals surface area contributed by atoms with Crippen molar-refractivity contribution < 1.29 is 14.3 Å². The number of amides is 1. The Morgan fingerprint density at radius 1 is 1.12 bits per heavy atom. The van der Waals surface area contributed by atoms with Crippen molar-refractivity contribution in [2.45, 2.75) is 25.3 Å². The molecule has 2 aromatic carbocycles. The number of para-hydroxylation sites is 1. The molecular formula is C29H33FN8O2. The first kappa shape index (κ1) is 27.2. The van der Waals surface area contributed by atoms with Gasteiger partial charge in [0.1, 0.15) is 17.3 Å². The van der Waals surface area contributed by atoms with E-state index in [0.29, 0.717) is 54.1 Å². The molecule has 1 fully saturated rings. The van der Waals surface area contributed by atoms with Gasteiger partial charge in [-0.25, -0.2) is 14.4 Å². The predicted molar refractivity (Wildman–Crippen MR) is 155 cm³/mol. The van der Waals surface area contributed by atoms with Gasteiger partial charge < -0.3 is 32.1 Å². The lowest BCUT2D eigenvalue weighted by Gasteiger charge is -2.34. The van der Waals surface area contributed by atoms with Crippen LogP contribution in [0.3, 0.4) is 0 Å². The number of nitrogens with zero attached hydrogens (tertiary/aromatic N) is 4. The van der Waals surface area contributed by atoms with Crippen LogP contribution in [-0.4, -0.2) is 52.9 Å². The molecule has 0 spiro atoms. The van der Waals surface area contributed by atoms with Gasteiger partial charge in [0, 0.05) is 25.6 Å². The fourth-order valence-corrected chi connectivity index (χ4v) is 5.03. The third-order valence-electron chi connectivity index (χ3n) is 7.22. The van der Waals surface area contributed by atoms with E-state index in [1.165, 1.54) is 6.07 Å². The number of nitrogens with one attached hydrogen (secondary N) is 2. The maximum Gasteiger partial charge on any atom is 0.270 e. The number of piperidine rings is 1. The van der Waals surface area contributed by atoms with Gasteiger partial charge in [0.2, 0.25) is 5.95 Å². The van der Waals surface area contributed by atoms with Gasteiger partial charge in [-0.3, -0.25) is 4.79 Å². The zero-order valence-corrected chi connectivity index (χ0v) is 22.1. The van der Waals surface area contributed by atoms with Crippen molar-refractivity contribution in [3.05, 3.63) is 77.7 Å². The van der Waals surface area contributed by atoms with E-state index in [-0.39, 0.29) is 30.5 Å². The molecule has 5 rings (SSSR count). The SMILES string of the molecule is NCC1CCN(c2c(F)cccc2NC(=O)C2=NC(c3cc(N[C@@H](CO)c4ccccc4)nc(N)n3)=CC2)CC1. The summed E-state index contributed by atoms with van der Waals surface area (Å²) < 4.78 is 14.9. The van der Waals surface area contributed by atoms with Crippen molar-refractivity contribution in [3.8, 4) is 0 Å². The van der Waals surface area contributed by atoms with Gasteiger partial charge in [0.25, 0.3) is 5.91 Å². The number of allylic oxidation sites excluding steroid dienone is 1. The topological polar surface area (TPSA) is 155 Å². The molecule has 0 saturated carbocycles. The van der Waals surface area contributed by atoms with Crippen molar-refractivity contribution in [2.24, 2.45) is 16.6 Å². The molecule has 2 aliphatic rings. The number of hydrogen-bond donors (Lipinski definition) is 5. The molecule has 0 radical (unpaired) electrons. The number of rotatable bonds is 9.